The van der Waals surface area contributed by atoms with Gasteiger partial charge in [0.2, 0.25) is 0 Å². The molecule has 0 saturated carbocycles. The third-order valence-electron chi connectivity index (χ3n) is 2.00. The summed E-state index contributed by atoms with van der Waals surface area (Å²) in [5, 5.41) is 0. The van der Waals surface area contributed by atoms with E-state index >= 15 is 0 Å². The minimum Gasteiger partial charge on any atom is -0.406 e. The van der Waals surface area contributed by atoms with Crippen LogP contribution in [0.1, 0.15) is 0 Å². The van der Waals surface area contributed by atoms with Crippen molar-refractivity contribution in [3.8, 4) is 17.1 Å². The van der Waals surface area contributed by atoms with Crippen LogP contribution < -0.4 is 10.5 Å². The zero-order valence-corrected chi connectivity index (χ0v) is 8.98. The van der Waals surface area contributed by atoms with Gasteiger partial charge in [0.05, 0.1) is 18.1 Å². The van der Waals surface area contributed by atoms with Gasteiger partial charge in [0.1, 0.15) is 5.75 Å². The Morgan fingerprint density at radius 2 is 1.78 bits per heavy atom. The van der Waals surface area contributed by atoms with Gasteiger partial charge in [-0.3, -0.25) is 0 Å². The number of nitrogens with two attached hydrogens (primary N) is 1. The van der Waals surface area contributed by atoms with E-state index in [1.807, 2.05) is 0 Å². The molecule has 2 aromatic rings. The molecule has 0 bridgehead atoms. The molecule has 94 valence electrons. The number of ether oxygens (including phenoxy) is 1. The van der Waals surface area contributed by atoms with E-state index in [0.29, 0.717) is 11.3 Å². The van der Waals surface area contributed by atoms with Gasteiger partial charge in [-0.25, -0.2) is 9.97 Å². The molecule has 0 spiro atoms. The molecule has 2 rings (SSSR count). The van der Waals surface area contributed by atoms with Crippen molar-refractivity contribution in [1.29, 1.82) is 0 Å². The molecule has 0 saturated heterocycles. The summed E-state index contributed by atoms with van der Waals surface area (Å²) in [6.45, 7) is 0. The van der Waals surface area contributed by atoms with E-state index in [-0.39, 0.29) is 11.6 Å². The first-order valence-corrected chi connectivity index (χ1v) is 4.88. The molecule has 1 aromatic carbocycles. The average Bonchev–Trinajstić information content (AvgIpc) is 2.28. The van der Waals surface area contributed by atoms with E-state index in [1.165, 1.54) is 30.6 Å². The van der Waals surface area contributed by atoms with E-state index in [1.54, 1.807) is 6.07 Å². The number of nitrogens with zero attached hydrogens (tertiary/aromatic N) is 2. The van der Waals surface area contributed by atoms with Gasteiger partial charge in [-0.2, -0.15) is 0 Å². The Bertz CT molecular complexity index is 540. The van der Waals surface area contributed by atoms with Crippen LogP contribution in [-0.4, -0.2) is 16.3 Å². The van der Waals surface area contributed by atoms with Crippen LogP contribution in [0.3, 0.4) is 0 Å². The third kappa shape index (κ3) is 3.09. The smallest absolute Gasteiger partial charge is 0.406 e. The quantitative estimate of drug-likeness (QED) is 0.896. The van der Waals surface area contributed by atoms with Crippen molar-refractivity contribution in [2.75, 3.05) is 5.73 Å². The van der Waals surface area contributed by atoms with Crippen molar-refractivity contribution >= 4 is 5.69 Å². The number of hydrogen-bond donors (Lipinski definition) is 1. The van der Waals surface area contributed by atoms with Gasteiger partial charge in [0.25, 0.3) is 0 Å². The molecule has 0 unspecified atom stereocenters. The zero-order chi connectivity index (χ0) is 13.2. The lowest BCUT2D eigenvalue weighted by Crippen LogP contribution is -2.17. The molecule has 0 aliphatic rings. The van der Waals surface area contributed by atoms with Gasteiger partial charge >= 0.3 is 6.36 Å². The normalized spacial score (nSPS) is 11.3. The van der Waals surface area contributed by atoms with Crippen LogP contribution in [0.4, 0.5) is 18.9 Å². The highest BCUT2D eigenvalue weighted by Gasteiger charge is 2.31. The van der Waals surface area contributed by atoms with E-state index < -0.39 is 6.36 Å². The standard InChI is InChI=1S/C11H8F3N3O/c12-11(13,14)18-9-3-1-2-7(4-9)10-16-5-8(15)6-17-10/h1-6H,15H2. The van der Waals surface area contributed by atoms with Crippen LogP contribution in [0, 0.1) is 0 Å². The Balaban J connectivity index is 2.29. The molecule has 0 radical (unpaired) electrons. The number of anilines is 1. The van der Waals surface area contributed by atoms with Gasteiger partial charge in [-0.05, 0) is 12.1 Å². The zero-order valence-electron chi connectivity index (χ0n) is 8.98. The Morgan fingerprint density at radius 3 is 2.39 bits per heavy atom. The van der Waals surface area contributed by atoms with E-state index in [0.717, 1.165) is 0 Å². The van der Waals surface area contributed by atoms with Crippen molar-refractivity contribution in [2.24, 2.45) is 0 Å². The van der Waals surface area contributed by atoms with Crippen LogP contribution >= 0.6 is 0 Å². The number of rotatable bonds is 2. The Kier molecular flexibility index (Phi) is 3.05. The van der Waals surface area contributed by atoms with Crippen molar-refractivity contribution < 1.29 is 17.9 Å². The summed E-state index contributed by atoms with van der Waals surface area (Å²) in [5.74, 6) is -0.0442. The number of benzene rings is 1. The highest BCUT2D eigenvalue weighted by Crippen LogP contribution is 2.26. The van der Waals surface area contributed by atoms with Gasteiger partial charge in [-0.1, -0.05) is 12.1 Å². The van der Waals surface area contributed by atoms with Crippen molar-refractivity contribution in [1.82, 2.24) is 9.97 Å². The molecule has 0 aliphatic heterocycles. The maximum Gasteiger partial charge on any atom is 0.573 e. The fourth-order valence-electron chi connectivity index (χ4n) is 1.32. The summed E-state index contributed by atoms with van der Waals surface area (Å²) in [6.07, 6.45) is -1.97. The Morgan fingerprint density at radius 1 is 1.11 bits per heavy atom. The molecular formula is C11H8F3N3O. The first-order valence-electron chi connectivity index (χ1n) is 4.88. The SMILES string of the molecule is Nc1cnc(-c2cccc(OC(F)(F)F)c2)nc1. The van der Waals surface area contributed by atoms with E-state index in [4.69, 9.17) is 5.73 Å². The van der Waals surface area contributed by atoms with Crippen molar-refractivity contribution in [3.63, 3.8) is 0 Å². The summed E-state index contributed by atoms with van der Waals surface area (Å²) in [6, 6.07) is 5.41. The number of aromatic nitrogens is 2. The summed E-state index contributed by atoms with van der Waals surface area (Å²) in [5.41, 5.74) is 6.21. The van der Waals surface area contributed by atoms with Gasteiger partial charge in [-0.15, -0.1) is 13.2 Å². The predicted octanol–water partition coefficient (Wildman–Crippen LogP) is 2.62. The molecule has 1 aromatic heterocycles. The summed E-state index contributed by atoms with van der Waals surface area (Å²) >= 11 is 0. The molecule has 1 heterocycles. The van der Waals surface area contributed by atoms with E-state index in [9.17, 15) is 13.2 Å². The topological polar surface area (TPSA) is 61.0 Å². The second kappa shape index (κ2) is 4.52. The van der Waals surface area contributed by atoms with Crippen LogP contribution in [0.15, 0.2) is 36.7 Å². The number of halogens is 3. The van der Waals surface area contributed by atoms with Crippen LogP contribution in [-0.2, 0) is 0 Å². The summed E-state index contributed by atoms with van der Waals surface area (Å²) in [7, 11) is 0. The highest BCUT2D eigenvalue weighted by molar-refractivity contribution is 5.58. The molecule has 7 heteroatoms. The van der Waals surface area contributed by atoms with Crippen LogP contribution in [0.2, 0.25) is 0 Å². The highest BCUT2D eigenvalue weighted by atomic mass is 19.4. The minimum absolute atomic E-state index is 0.275. The largest absolute Gasteiger partial charge is 0.573 e. The fraction of sp³-hybridized carbons (Fsp3) is 0.0909. The molecule has 0 atom stereocenters. The summed E-state index contributed by atoms with van der Waals surface area (Å²) in [4.78, 5) is 7.83. The van der Waals surface area contributed by atoms with Gasteiger partial charge in [0.15, 0.2) is 5.82 Å². The minimum atomic E-state index is -4.72. The van der Waals surface area contributed by atoms with Crippen molar-refractivity contribution in [3.05, 3.63) is 36.7 Å². The molecule has 0 fully saturated rings. The van der Waals surface area contributed by atoms with Gasteiger partial charge in [0, 0.05) is 5.56 Å². The maximum atomic E-state index is 12.1. The molecule has 4 nitrogen and oxygen atoms in total. The Labute approximate surface area is 100 Å². The first-order chi connectivity index (χ1) is 8.44. The second-order valence-electron chi connectivity index (χ2n) is 3.42. The molecule has 0 amide bonds. The lowest BCUT2D eigenvalue weighted by atomic mass is 10.2. The molecule has 0 aliphatic carbocycles. The van der Waals surface area contributed by atoms with E-state index in [2.05, 4.69) is 14.7 Å². The maximum absolute atomic E-state index is 12.1. The van der Waals surface area contributed by atoms with Crippen molar-refractivity contribution in [2.45, 2.75) is 6.36 Å². The number of nitrogen functional groups attached to an aromatic ring is 1. The number of alkyl halides is 3. The fourth-order valence-corrected chi connectivity index (χ4v) is 1.32. The summed E-state index contributed by atoms with van der Waals surface area (Å²) < 4.78 is 40.0. The first kappa shape index (κ1) is 12.2. The Hall–Kier alpha value is -2.31. The average molecular weight is 255 g/mol. The lowest BCUT2D eigenvalue weighted by molar-refractivity contribution is -0.274. The number of hydrogen-bond acceptors (Lipinski definition) is 4. The van der Waals surface area contributed by atoms with Crippen LogP contribution in [0.5, 0.6) is 5.75 Å². The third-order valence-corrected chi connectivity index (χ3v) is 2.00. The van der Waals surface area contributed by atoms with Crippen LogP contribution in [0.25, 0.3) is 11.4 Å². The molecule has 2 N–H and O–H groups in total. The molecule has 18 heavy (non-hydrogen) atoms. The predicted molar refractivity (Wildman–Crippen MR) is 58.6 cm³/mol. The molecular weight excluding hydrogens is 247 g/mol. The lowest BCUT2D eigenvalue weighted by Gasteiger charge is -2.09. The van der Waals surface area contributed by atoms with Gasteiger partial charge < -0.3 is 10.5 Å². The second-order valence-corrected chi connectivity index (χ2v) is 3.42. The monoisotopic (exact) mass is 255 g/mol.